The molecule has 2 fully saturated rings. The predicted octanol–water partition coefficient (Wildman–Crippen LogP) is 5.50. The third kappa shape index (κ3) is 3.56. The summed E-state index contributed by atoms with van der Waals surface area (Å²) in [6, 6.07) is 17.2. The third-order valence-corrected chi connectivity index (χ3v) is 8.27. The third-order valence-electron chi connectivity index (χ3n) is 8.27. The Balaban J connectivity index is 1.30. The average Bonchev–Trinajstić information content (AvgIpc) is 3.12. The fourth-order valence-electron chi connectivity index (χ4n) is 6.81. The van der Waals surface area contributed by atoms with Crippen molar-refractivity contribution in [1.82, 2.24) is 0 Å². The molecule has 160 valence electrons. The number of hydrogen-bond acceptors (Lipinski definition) is 3. The SMILES string of the molecule is C[C@]12CCC3c4ccc(OCc5ccccc5)cc4CCC3C1CCC2OCCO. The quantitative estimate of drug-likeness (QED) is 0.688. The standard InChI is InChI=1S/C27H34O3/c1-27-14-13-23-22-10-8-21(30-18-19-5-3-2-4-6-19)17-20(22)7-9-24(23)25(27)11-12-26(27)29-16-15-28/h2-6,8,10,17,23-26,28H,7,9,11-16,18H2,1H3/t23?,24?,25?,26?,27-/m0/s1. The fourth-order valence-corrected chi connectivity index (χ4v) is 6.81. The molecule has 30 heavy (non-hydrogen) atoms. The maximum absolute atomic E-state index is 9.19. The Kier molecular flexibility index (Phi) is 5.59. The van der Waals surface area contributed by atoms with Crippen molar-refractivity contribution in [1.29, 1.82) is 0 Å². The molecule has 3 aliphatic rings. The zero-order valence-electron chi connectivity index (χ0n) is 18.1. The molecule has 0 saturated heterocycles. The molecule has 0 aliphatic heterocycles. The van der Waals surface area contributed by atoms with Crippen LogP contribution in [-0.2, 0) is 17.8 Å². The second-order valence-electron chi connectivity index (χ2n) is 9.76. The van der Waals surface area contributed by atoms with Crippen molar-refractivity contribution in [2.75, 3.05) is 13.2 Å². The summed E-state index contributed by atoms with van der Waals surface area (Å²) in [4.78, 5) is 0. The van der Waals surface area contributed by atoms with Crippen LogP contribution in [-0.4, -0.2) is 24.4 Å². The molecule has 3 heteroatoms. The Bertz CT molecular complexity index is 864. The number of aliphatic hydroxyl groups excluding tert-OH is 1. The second kappa shape index (κ2) is 8.36. The van der Waals surface area contributed by atoms with Crippen LogP contribution in [0.5, 0.6) is 5.75 Å². The van der Waals surface area contributed by atoms with Crippen molar-refractivity contribution in [2.45, 2.75) is 64.1 Å². The highest BCUT2D eigenvalue weighted by Crippen LogP contribution is 2.61. The minimum atomic E-state index is 0.130. The van der Waals surface area contributed by atoms with E-state index in [0.717, 1.165) is 30.4 Å². The Morgan fingerprint density at radius 2 is 1.90 bits per heavy atom. The van der Waals surface area contributed by atoms with Gasteiger partial charge in [-0.25, -0.2) is 0 Å². The van der Waals surface area contributed by atoms with E-state index in [0.29, 0.717) is 25.2 Å². The van der Waals surface area contributed by atoms with Crippen molar-refractivity contribution in [3.63, 3.8) is 0 Å². The highest BCUT2D eigenvalue weighted by Gasteiger charge is 2.55. The van der Waals surface area contributed by atoms with Gasteiger partial charge in [-0.3, -0.25) is 0 Å². The lowest BCUT2D eigenvalue weighted by Gasteiger charge is -2.50. The van der Waals surface area contributed by atoms with Crippen LogP contribution in [0.2, 0.25) is 0 Å². The van der Waals surface area contributed by atoms with E-state index >= 15 is 0 Å². The van der Waals surface area contributed by atoms with Crippen LogP contribution in [0.15, 0.2) is 48.5 Å². The molecule has 0 spiro atoms. The van der Waals surface area contributed by atoms with Crippen molar-refractivity contribution in [2.24, 2.45) is 17.3 Å². The molecular weight excluding hydrogens is 372 g/mol. The van der Waals surface area contributed by atoms with Crippen LogP contribution in [0.4, 0.5) is 0 Å². The highest BCUT2D eigenvalue weighted by molar-refractivity contribution is 5.41. The van der Waals surface area contributed by atoms with E-state index in [4.69, 9.17) is 9.47 Å². The predicted molar refractivity (Wildman–Crippen MR) is 119 cm³/mol. The first kappa shape index (κ1) is 20.1. The number of aliphatic hydroxyl groups is 1. The molecule has 3 nitrogen and oxygen atoms in total. The smallest absolute Gasteiger partial charge is 0.120 e. The van der Waals surface area contributed by atoms with Crippen LogP contribution in [0.3, 0.4) is 0 Å². The maximum atomic E-state index is 9.19. The van der Waals surface area contributed by atoms with E-state index in [1.807, 2.05) is 6.07 Å². The normalized spacial score (nSPS) is 32.2. The summed E-state index contributed by atoms with van der Waals surface area (Å²) in [7, 11) is 0. The molecule has 0 amide bonds. The van der Waals surface area contributed by atoms with Gasteiger partial charge >= 0.3 is 0 Å². The van der Waals surface area contributed by atoms with E-state index in [2.05, 4.69) is 49.4 Å². The minimum Gasteiger partial charge on any atom is -0.489 e. The summed E-state index contributed by atoms with van der Waals surface area (Å²) in [5.41, 5.74) is 4.56. The lowest BCUT2D eigenvalue weighted by atomic mass is 9.55. The van der Waals surface area contributed by atoms with Gasteiger partial charge in [0.25, 0.3) is 0 Å². The van der Waals surface area contributed by atoms with Gasteiger partial charge in [-0.15, -0.1) is 0 Å². The van der Waals surface area contributed by atoms with Gasteiger partial charge in [0.15, 0.2) is 0 Å². The fraction of sp³-hybridized carbons (Fsp3) is 0.556. The number of ether oxygens (including phenoxy) is 2. The van der Waals surface area contributed by atoms with E-state index in [9.17, 15) is 5.11 Å². The molecule has 2 saturated carbocycles. The first-order chi connectivity index (χ1) is 14.7. The first-order valence-electron chi connectivity index (χ1n) is 11.7. The largest absolute Gasteiger partial charge is 0.489 e. The first-order valence-corrected chi connectivity index (χ1v) is 11.7. The zero-order chi connectivity index (χ0) is 20.6. The number of benzene rings is 2. The van der Waals surface area contributed by atoms with Crippen molar-refractivity contribution >= 4 is 0 Å². The average molecular weight is 407 g/mol. The summed E-state index contributed by atoms with van der Waals surface area (Å²) in [5, 5.41) is 9.19. The van der Waals surface area contributed by atoms with Crippen LogP contribution in [0.25, 0.3) is 0 Å². The van der Waals surface area contributed by atoms with Gasteiger partial charge in [-0.05, 0) is 90.5 Å². The maximum Gasteiger partial charge on any atom is 0.120 e. The molecular formula is C27H34O3. The van der Waals surface area contributed by atoms with Gasteiger partial charge in [0.2, 0.25) is 0 Å². The van der Waals surface area contributed by atoms with Gasteiger partial charge in [0.05, 0.1) is 19.3 Å². The van der Waals surface area contributed by atoms with Gasteiger partial charge in [0, 0.05) is 0 Å². The Morgan fingerprint density at radius 3 is 2.73 bits per heavy atom. The van der Waals surface area contributed by atoms with Crippen molar-refractivity contribution < 1.29 is 14.6 Å². The number of hydrogen-bond donors (Lipinski definition) is 1. The molecule has 2 aromatic rings. The summed E-state index contributed by atoms with van der Waals surface area (Å²) in [6.07, 6.45) is 7.70. The van der Waals surface area contributed by atoms with Crippen LogP contribution >= 0.6 is 0 Å². The van der Waals surface area contributed by atoms with Crippen molar-refractivity contribution in [3.8, 4) is 5.75 Å². The topological polar surface area (TPSA) is 38.7 Å². The Morgan fingerprint density at radius 1 is 1.03 bits per heavy atom. The molecule has 0 radical (unpaired) electrons. The monoisotopic (exact) mass is 406 g/mol. The zero-order valence-corrected chi connectivity index (χ0v) is 18.1. The van der Waals surface area contributed by atoms with Crippen LogP contribution in [0, 0.1) is 17.3 Å². The molecule has 1 N–H and O–H groups in total. The Labute approximate surface area is 180 Å². The highest BCUT2D eigenvalue weighted by atomic mass is 16.5. The number of fused-ring (bicyclic) bond motifs is 5. The second-order valence-corrected chi connectivity index (χ2v) is 9.76. The van der Waals surface area contributed by atoms with E-state index in [1.165, 1.54) is 36.8 Å². The molecule has 2 aromatic carbocycles. The molecule has 0 heterocycles. The molecule has 5 rings (SSSR count). The van der Waals surface area contributed by atoms with Crippen molar-refractivity contribution in [3.05, 3.63) is 65.2 Å². The molecule has 0 bridgehead atoms. The van der Waals surface area contributed by atoms with Gasteiger partial charge in [-0.2, -0.15) is 0 Å². The minimum absolute atomic E-state index is 0.130. The lowest BCUT2D eigenvalue weighted by molar-refractivity contribution is -0.0710. The summed E-state index contributed by atoms with van der Waals surface area (Å²) in [5.74, 6) is 3.21. The van der Waals surface area contributed by atoms with Gasteiger partial charge in [0.1, 0.15) is 12.4 Å². The molecule has 5 atom stereocenters. The summed E-state index contributed by atoms with van der Waals surface area (Å²) in [6.45, 7) is 3.70. The number of aryl methyl sites for hydroxylation is 1. The lowest BCUT2D eigenvalue weighted by Crippen LogP contribution is -2.44. The van der Waals surface area contributed by atoms with E-state index in [1.54, 1.807) is 5.56 Å². The number of rotatable bonds is 6. The van der Waals surface area contributed by atoms with E-state index < -0.39 is 0 Å². The summed E-state index contributed by atoms with van der Waals surface area (Å²) >= 11 is 0. The van der Waals surface area contributed by atoms with Crippen LogP contribution < -0.4 is 4.74 Å². The summed E-state index contributed by atoms with van der Waals surface area (Å²) < 4.78 is 12.2. The molecule has 3 aliphatic carbocycles. The van der Waals surface area contributed by atoms with Crippen LogP contribution in [0.1, 0.15) is 61.6 Å². The van der Waals surface area contributed by atoms with E-state index in [-0.39, 0.29) is 12.0 Å². The Hall–Kier alpha value is -1.84. The molecule has 0 aromatic heterocycles. The molecule has 4 unspecified atom stereocenters. The van der Waals surface area contributed by atoms with Gasteiger partial charge in [-0.1, -0.05) is 43.3 Å². The van der Waals surface area contributed by atoms with Gasteiger partial charge < -0.3 is 14.6 Å².